The summed E-state index contributed by atoms with van der Waals surface area (Å²) in [5.74, 6) is 0.704. The Morgan fingerprint density at radius 3 is 2.65 bits per heavy atom. The zero-order chi connectivity index (χ0) is 22.2. The fourth-order valence-electron chi connectivity index (χ4n) is 4.24. The summed E-state index contributed by atoms with van der Waals surface area (Å²) < 4.78 is 38.9. The number of nitrogens with zero attached hydrogens (tertiary/aromatic N) is 3. The molecule has 31 heavy (non-hydrogen) atoms. The fraction of sp³-hybridized carbons (Fsp3) is 0.500. The minimum Gasteiger partial charge on any atom is -0.485 e. The minimum atomic E-state index is -3.64. The number of rotatable bonds is 6. The molecule has 2 aromatic rings. The number of sulfonamides is 1. The molecule has 0 unspecified atom stereocenters. The summed E-state index contributed by atoms with van der Waals surface area (Å²) in [6, 6.07) is 9.22. The van der Waals surface area contributed by atoms with Crippen LogP contribution in [0.15, 0.2) is 39.6 Å². The van der Waals surface area contributed by atoms with Crippen LogP contribution in [0.3, 0.4) is 0 Å². The highest BCUT2D eigenvalue weighted by atomic mass is 32.2. The lowest BCUT2D eigenvalue weighted by Crippen LogP contribution is -2.46. The lowest BCUT2D eigenvalue weighted by molar-refractivity contribution is 0.0678. The van der Waals surface area contributed by atoms with Gasteiger partial charge in [0.05, 0.1) is 18.8 Å². The zero-order valence-corrected chi connectivity index (χ0v) is 19.0. The van der Waals surface area contributed by atoms with Crippen molar-refractivity contribution >= 4 is 21.6 Å². The average Bonchev–Trinajstić information content (AvgIpc) is 3.43. The highest BCUT2D eigenvalue weighted by molar-refractivity contribution is 7.89. The van der Waals surface area contributed by atoms with Crippen LogP contribution in [-0.2, 0) is 10.0 Å². The molecule has 2 aliphatic rings. The molecule has 168 valence electrons. The van der Waals surface area contributed by atoms with Gasteiger partial charge in [-0.1, -0.05) is 12.1 Å². The number of hydrogen-bond donors (Lipinski definition) is 0. The van der Waals surface area contributed by atoms with Crippen molar-refractivity contribution < 1.29 is 22.4 Å². The molecule has 1 amide bonds. The van der Waals surface area contributed by atoms with Gasteiger partial charge in [-0.15, -0.1) is 0 Å². The highest BCUT2D eigenvalue weighted by Crippen LogP contribution is 2.33. The van der Waals surface area contributed by atoms with Crippen molar-refractivity contribution in [3.8, 4) is 5.75 Å². The van der Waals surface area contributed by atoms with Gasteiger partial charge in [0, 0.05) is 32.7 Å². The van der Waals surface area contributed by atoms with Gasteiger partial charge in [0.2, 0.25) is 10.0 Å². The average molecular weight is 448 g/mol. The normalized spacial score (nSPS) is 19.2. The summed E-state index contributed by atoms with van der Waals surface area (Å²) in [5, 5.41) is 0. The van der Waals surface area contributed by atoms with E-state index in [9.17, 15) is 13.2 Å². The summed E-state index contributed by atoms with van der Waals surface area (Å²) in [7, 11) is -1.97. The molecule has 0 saturated carbocycles. The molecule has 1 aromatic carbocycles. The van der Waals surface area contributed by atoms with E-state index in [1.165, 1.54) is 15.3 Å². The van der Waals surface area contributed by atoms with E-state index >= 15 is 0 Å². The van der Waals surface area contributed by atoms with Gasteiger partial charge in [0.15, 0.2) is 5.76 Å². The van der Waals surface area contributed by atoms with Crippen molar-refractivity contribution in [1.29, 1.82) is 0 Å². The maximum atomic E-state index is 13.0. The third-order valence-corrected chi connectivity index (χ3v) is 7.90. The molecule has 8 nitrogen and oxygen atoms in total. The first kappa shape index (κ1) is 21.7. The maximum absolute atomic E-state index is 13.0. The highest BCUT2D eigenvalue weighted by Gasteiger charge is 2.33. The number of anilines is 1. The van der Waals surface area contributed by atoms with Crippen LogP contribution in [0.2, 0.25) is 0 Å². The van der Waals surface area contributed by atoms with Crippen LogP contribution in [0.4, 0.5) is 5.69 Å². The number of furan rings is 1. The number of benzene rings is 1. The number of carbonyl (C=O) groups is 1. The molecule has 4 rings (SSSR count). The third kappa shape index (κ3) is 4.16. The molecule has 0 bridgehead atoms. The van der Waals surface area contributed by atoms with Crippen molar-refractivity contribution in [3.63, 3.8) is 0 Å². The molecule has 1 atom stereocenters. The number of carbonyl (C=O) groups excluding carboxylic acids is 1. The summed E-state index contributed by atoms with van der Waals surface area (Å²) in [5.41, 5.74) is 1.05. The molecule has 1 aromatic heterocycles. The number of amides is 1. The second-order valence-corrected chi connectivity index (χ2v) is 9.98. The molecular weight excluding hydrogens is 418 g/mol. The van der Waals surface area contributed by atoms with Crippen LogP contribution in [0.1, 0.15) is 36.1 Å². The lowest BCUT2D eigenvalue weighted by atomic mass is 10.2. The number of hydrogen-bond acceptors (Lipinski definition) is 6. The van der Waals surface area contributed by atoms with E-state index < -0.39 is 10.0 Å². The van der Waals surface area contributed by atoms with Gasteiger partial charge in [0.1, 0.15) is 22.5 Å². The Morgan fingerprint density at radius 2 is 1.94 bits per heavy atom. The molecule has 2 aliphatic heterocycles. The summed E-state index contributed by atoms with van der Waals surface area (Å²) in [6.45, 7) is 6.54. The Labute approximate surface area is 183 Å². The van der Waals surface area contributed by atoms with Gasteiger partial charge in [-0.2, -0.15) is 4.31 Å². The predicted octanol–water partition coefficient (Wildman–Crippen LogP) is 2.73. The maximum Gasteiger partial charge on any atom is 0.289 e. The van der Waals surface area contributed by atoms with Gasteiger partial charge in [0.25, 0.3) is 5.91 Å². The van der Waals surface area contributed by atoms with Gasteiger partial charge in [-0.3, -0.25) is 4.79 Å². The Balaban J connectivity index is 1.48. The van der Waals surface area contributed by atoms with Crippen molar-refractivity contribution in [2.24, 2.45) is 0 Å². The van der Waals surface area contributed by atoms with Crippen LogP contribution in [0.25, 0.3) is 0 Å². The summed E-state index contributed by atoms with van der Waals surface area (Å²) >= 11 is 0. The summed E-state index contributed by atoms with van der Waals surface area (Å²) in [4.78, 5) is 16.8. The standard InChI is InChI=1S/C22H29N3O5S/c1-4-24-15-17(30-19-10-6-5-9-18(19)24)14-23(3)22(26)20-13-21(16(2)29-20)31(27,28)25-11-7-8-12-25/h5-6,9-10,13,17H,4,7-8,11-12,14-15H2,1-3H3/t17-/m0/s1. The van der Waals surface area contributed by atoms with Crippen LogP contribution in [-0.4, -0.2) is 69.4 Å². The second-order valence-electron chi connectivity index (χ2n) is 8.07. The Kier molecular flexibility index (Phi) is 5.98. The number of ether oxygens (including phenoxy) is 1. The largest absolute Gasteiger partial charge is 0.485 e. The predicted molar refractivity (Wildman–Crippen MR) is 117 cm³/mol. The van der Waals surface area contributed by atoms with Crippen molar-refractivity contribution in [2.75, 3.05) is 44.7 Å². The quantitative estimate of drug-likeness (QED) is 0.677. The molecule has 0 spiro atoms. The molecule has 3 heterocycles. The van der Waals surface area contributed by atoms with Gasteiger partial charge < -0.3 is 19.0 Å². The second kappa shape index (κ2) is 8.55. The zero-order valence-electron chi connectivity index (χ0n) is 18.2. The molecule has 9 heteroatoms. The minimum absolute atomic E-state index is 0.0290. The van der Waals surface area contributed by atoms with Crippen LogP contribution in [0, 0.1) is 6.92 Å². The van der Waals surface area contributed by atoms with E-state index in [0.29, 0.717) is 26.2 Å². The Hall–Kier alpha value is -2.52. The first-order valence-electron chi connectivity index (χ1n) is 10.7. The topological polar surface area (TPSA) is 83.3 Å². The number of aryl methyl sites for hydroxylation is 1. The smallest absolute Gasteiger partial charge is 0.289 e. The number of para-hydroxylation sites is 2. The molecule has 0 radical (unpaired) electrons. The van der Waals surface area contributed by atoms with E-state index in [0.717, 1.165) is 30.8 Å². The van der Waals surface area contributed by atoms with E-state index in [4.69, 9.17) is 9.15 Å². The first-order valence-corrected chi connectivity index (χ1v) is 12.1. The van der Waals surface area contributed by atoms with Crippen LogP contribution >= 0.6 is 0 Å². The van der Waals surface area contributed by atoms with E-state index in [1.54, 1.807) is 14.0 Å². The molecule has 0 N–H and O–H groups in total. The van der Waals surface area contributed by atoms with Gasteiger partial charge in [-0.25, -0.2) is 8.42 Å². The fourth-order valence-corrected chi connectivity index (χ4v) is 5.92. The van der Waals surface area contributed by atoms with Gasteiger partial charge in [-0.05, 0) is 38.8 Å². The van der Waals surface area contributed by atoms with Crippen molar-refractivity contribution in [2.45, 2.75) is 37.7 Å². The van der Waals surface area contributed by atoms with Crippen molar-refractivity contribution in [3.05, 3.63) is 41.9 Å². The number of fused-ring (bicyclic) bond motifs is 1. The van der Waals surface area contributed by atoms with Crippen LogP contribution < -0.4 is 9.64 Å². The SMILES string of the molecule is CCN1C[C@H](CN(C)C(=O)c2cc(S(=O)(=O)N3CCCC3)c(C)o2)Oc2ccccc21. The third-order valence-electron chi connectivity index (χ3n) is 5.90. The lowest BCUT2D eigenvalue weighted by Gasteiger charge is -2.37. The Morgan fingerprint density at radius 1 is 1.23 bits per heavy atom. The van der Waals surface area contributed by atoms with Crippen LogP contribution in [0.5, 0.6) is 5.75 Å². The summed E-state index contributed by atoms with van der Waals surface area (Å²) in [6.07, 6.45) is 1.50. The Bertz CT molecular complexity index is 1060. The molecule has 0 aliphatic carbocycles. The van der Waals surface area contributed by atoms with E-state index in [-0.39, 0.29) is 28.4 Å². The first-order chi connectivity index (χ1) is 14.8. The number of likely N-dealkylation sites (N-methyl/N-ethyl adjacent to an activating group) is 2. The molecule has 1 saturated heterocycles. The molecule has 1 fully saturated rings. The monoisotopic (exact) mass is 447 g/mol. The van der Waals surface area contributed by atoms with E-state index in [1.807, 2.05) is 24.3 Å². The van der Waals surface area contributed by atoms with Gasteiger partial charge >= 0.3 is 0 Å². The molecular formula is C22H29N3O5S. The van der Waals surface area contributed by atoms with E-state index in [2.05, 4.69) is 11.8 Å². The van der Waals surface area contributed by atoms with Crippen molar-refractivity contribution in [1.82, 2.24) is 9.21 Å².